The summed E-state index contributed by atoms with van der Waals surface area (Å²) in [7, 11) is -0.632. The van der Waals surface area contributed by atoms with Crippen LogP contribution in [0.4, 0.5) is 10.7 Å². The number of carboxylic acids is 1. The number of carboxylic acid groups (broad SMARTS) is 1. The van der Waals surface area contributed by atoms with Gasteiger partial charge in [-0.3, -0.25) is 4.79 Å². The maximum atomic E-state index is 12.9. The second-order valence-corrected chi connectivity index (χ2v) is 11.1. The van der Waals surface area contributed by atoms with Crippen molar-refractivity contribution < 1.29 is 33.5 Å². The Morgan fingerprint density at radius 2 is 1.69 bits per heavy atom. The predicted octanol–water partition coefficient (Wildman–Crippen LogP) is 0.791. The summed E-state index contributed by atoms with van der Waals surface area (Å²) in [6.45, 7) is 14.9. The first-order valence-electron chi connectivity index (χ1n) is 12.0. The number of piperazine rings is 1. The van der Waals surface area contributed by atoms with E-state index < -0.39 is 54.0 Å². The molecule has 1 aromatic heterocycles. The number of hydrogen-bond acceptors (Lipinski definition) is 9. The lowest BCUT2D eigenvalue weighted by Gasteiger charge is -2.40. The molecule has 0 aromatic carbocycles. The molecular formula is C23H36BN5O7. The summed E-state index contributed by atoms with van der Waals surface area (Å²) in [6, 6.07) is -1.93. The molecule has 0 bridgehead atoms. The molecule has 13 heteroatoms. The molecule has 12 nitrogen and oxygen atoms in total. The molecule has 2 N–H and O–H groups in total. The molecule has 0 radical (unpaired) electrons. The molecule has 0 aliphatic carbocycles. The smallest absolute Gasteiger partial charge is 0.480 e. The van der Waals surface area contributed by atoms with Gasteiger partial charge in [-0.05, 0) is 55.4 Å². The number of nitrogens with zero attached hydrogens (tertiary/aromatic N) is 4. The van der Waals surface area contributed by atoms with E-state index in [9.17, 15) is 19.5 Å². The highest BCUT2D eigenvalue weighted by Gasteiger charge is 2.52. The van der Waals surface area contributed by atoms with Crippen LogP contribution in [0, 0.1) is 0 Å². The van der Waals surface area contributed by atoms with E-state index >= 15 is 0 Å². The third-order valence-electron chi connectivity index (χ3n) is 6.52. The molecule has 198 valence electrons. The summed E-state index contributed by atoms with van der Waals surface area (Å²) in [5.41, 5.74) is -1.10. The molecule has 1 aromatic rings. The summed E-state index contributed by atoms with van der Waals surface area (Å²) in [5.74, 6) is -1.28. The van der Waals surface area contributed by atoms with Crippen molar-refractivity contribution in [3.63, 3.8) is 0 Å². The molecule has 2 amide bonds. The van der Waals surface area contributed by atoms with Gasteiger partial charge in [-0.15, -0.1) is 0 Å². The van der Waals surface area contributed by atoms with Crippen LogP contribution in [-0.4, -0.2) is 93.6 Å². The van der Waals surface area contributed by atoms with Gasteiger partial charge < -0.3 is 34.3 Å². The quantitative estimate of drug-likeness (QED) is 0.552. The van der Waals surface area contributed by atoms with Crippen LogP contribution in [0.15, 0.2) is 12.4 Å². The van der Waals surface area contributed by atoms with E-state index in [1.807, 2.05) is 27.7 Å². The van der Waals surface area contributed by atoms with Crippen molar-refractivity contribution >= 4 is 36.5 Å². The van der Waals surface area contributed by atoms with Gasteiger partial charge in [0, 0.05) is 30.9 Å². The highest BCUT2D eigenvalue weighted by atomic mass is 16.7. The monoisotopic (exact) mass is 505 g/mol. The third-order valence-corrected chi connectivity index (χ3v) is 6.52. The van der Waals surface area contributed by atoms with Gasteiger partial charge in [0.1, 0.15) is 17.7 Å². The van der Waals surface area contributed by atoms with Crippen LogP contribution in [-0.2, 0) is 23.6 Å². The number of anilines is 1. The Labute approximate surface area is 211 Å². The molecule has 36 heavy (non-hydrogen) atoms. The number of carbonyl (C=O) groups excluding carboxylic acids is 2. The predicted molar refractivity (Wildman–Crippen MR) is 132 cm³/mol. The van der Waals surface area contributed by atoms with E-state index in [2.05, 4.69) is 15.3 Å². The fraction of sp³-hybridized carbons (Fsp3) is 0.696. The molecule has 3 rings (SSSR count). The number of aromatic nitrogens is 2. The minimum Gasteiger partial charge on any atom is -0.480 e. The Balaban J connectivity index is 1.66. The van der Waals surface area contributed by atoms with E-state index in [-0.39, 0.29) is 25.6 Å². The Kier molecular flexibility index (Phi) is 7.57. The molecule has 2 fully saturated rings. The van der Waals surface area contributed by atoms with Crippen molar-refractivity contribution in [1.82, 2.24) is 20.2 Å². The van der Waals surface area contributed by atoms with Crippen molar-refractivity contribution in [2.24, 2.45) is 0 Å². The molecule has 2 aliphatic rings. The average Bonchev–Trinajstić information content (AvgIpc) is 2.98. The van der Waals surface area contributed by atoms with E-state index in [4.69, 9.17) is 14.0 Å². The lowest BCUT2D eigenvalue weighted by molar-refractivity contribution is -0.142. The van der Waals surface area contributed by atoms with Crippen LogP contribution in [0.25, 0.3) is 0 Å². The lowest BCUT2D eigenvalue weighted by Crippen LogP contribution is -2.61. The fourth-order valence-corrected chi connectivity index (χ4v) is 3.83. The molecule has 0 saturated carbocycles. The van der Waals surface area contributed by atoms with Gasteiger partial charge in [0.05, 0.1) is 17.7 Å². The number of ether oxygens (including phenoxy) is 1. The fourth-order valence-electron chi connectivity index (χ4n) is 3.83. The number of hydrogen-bond donors (Lipinski definition) is 2. The van der Waals surface area contributed by atoms with Gasteiger partial charge in [0.2, 0.25) is 11.9 Å². The third kappa shape index (κ3) is 6.07. The van der Waals surface area contributed by atoms with Crippen molar-refractivity contribution in [1.29, 1.82) is 0 Å². The molecular weight excluding hydrogens is 469 g/mol. The summed E-state index contributed by atoms with van der Waals surface area (Å²) in [6.07, 6.45) is 2.41. The van der Waals surface area contributed by atoms with Crippen LogP contribution in [0.3, 0.4) is 0 Å². The minimum atomic E-state index is -1.11. The van der Waals surface area contributed by atoms with Gasteiger partial charge in [-0.2, -0.15) is 0 Å². The second-order valence-electron chi connectivity index (χ2n) is 11.1. The van der Waals surface area contributed by atoms with Gasteiger partial charge >= 0.3 is 19.2 Å². The summed E-state index contributed by atoms with van der Waals surface area (Å²) in [4.78, 5) is 48.7. The number of nitrogens with one attached hydrogen (secondary N) is 1. The second kappa shape index (κ2) is 9.85. The Morgan fingerprint density at radius 1 is 1.14 bits per heavy atom. The normalized spacial score (nSPS) is 22.2. The zero-order chi connectivity index (χ0) is 27.1. The van der Waals surface area contributed by atoms with E-state index in [1.54, 1.807) is 38.1 Å². The largest absolute Gasteiger partial charge is 0.498 e. The lowest BCUT2D eigenvalue weighted by atomic mass is 9.81. The average molecular weight is 505 g/mol. The van der Waals surface area contributed by atoms with E-state index in [1.165, 1.54) is 11.8 Å². The first-order chi connectivity index (χ1) is 16.5. The standard InChI is InChI=1S/C23H36BN5O7/c1-14(27-20(33)34-21(2,3)4)17(30)28-9-10-29(16(13-28)18(31)32)19-25-11-15(12-26-19)24-35-22(5,6)23(7,8)36-24/h11-12,14,16H,9-10,13H2,1-8H3,(H,27,33)(H,31,32)/t14-,16-/m1/s1. The minimum absolute atomic E-state index is 0.0865. The molecule has 3 heterocycles. The summed E-state index contributed by atoms with van der Waals surface area (Å²) in [5, 5.41) is 12.4. The number of rotatable bonds is 5. The number of alkyl carbamates (subject to hydrolysis) is 1. The highest BCUT2D eigenvalue weighted by Crippen LogP contribution is 2.36. The van der Waals surface area contributed by atoms with Crippen molar-refractivity contribution in [2.75, 3.05) is 24.5 Å². The summed E-state index contributed by atoms with van der Waals surface area (Å²) < 4.78 is 17.2. The number of carbonyl (C=O) groups is 3. The molecule has 0 spiro atoms. The summed E-state index contributed by atoms with van der Waals surface area (Å²) >= 11 is 0. The van der Waals surface area contributed by atoms with E-state index in [0.29, 0.717) is 5.46 Å². The van der Waals surface area contributed by atoms with Crippen LogP contribution < -0.4 is 15.7 Å². The zero-order valence-electron chi connectivity index (χ0n) is 22.2. The van der Waals surface area contributed by atoms with Gasteiger partial charge in [-0.1, -0.05) is 0 Å². The Morgan fingerprint density at radius 3 is 2.19 bits per heavy atom. The maximum absolute atomic E-state index is 12.9. The van der Waals surface area contributed by atoms with Gasteiger partial charge in [0.15, 0.2) is 0 Å². The first-order valence-corrected chi connectivity index (χ1v) is 12.0. The van der Waals surface area contributed by atoms with Gasteiger partial charge in [0.25, 0.3) is 0 Å². The molecule has 2 aliphatic heterocycles. The van der Waals surface area contributed by atoms with Crippen molar-refractivity contribution in [2.45, 2.75) is 84.3 Å². The van der Waals surface area contributed by atoms with Crippen LogP contribution in [0.1, 0.15) is 55.4 Å². The number of amides is 2. The van der Waals surface area contributed by atoms with Gasteiger partial charge in [-0.25, -0.2) is 19.6 Å². The number of aliphatic carboxylic acids is 1. The van der Waals surface area contributed by atoms with Crippen LogP contribution >= 0.6 is 0 Å². The molecule has 0 unspecified atom stereocenters. The molecule has 2 saturated heterocycles. The Bertz CT molecular complexity index is 980. The SMILES string of the molecule is C[C@@H](NC(=O)OC(C)(C)C)C(=O)N1CCN(c2ncc(B3OC(C)(C)C(C)(C)O3)cn2)[C@@H](C(=O)O)C1. The Hall–Kier alpha value is -2.93. The van der Waals surface area contributed by atoms with Crippen molar-refractivity contribution in [3.05, 3.63) is 12.4 Å². The molecule has 2 atom stereocenters. The maximum Gasteiger partial charge on any atom is 0.498 e. The zero-order valence-corrected chi connectivity index (χ0v) is 22.2. The van der Waals surface area contributed by atoms with Crippen LogP contribution in [0.5, 0.6) is 0 Å². The van der Waals surface area contributed by atoms with Crippen molar-refractivity contribution in [3.8, 4) is 0 Å². The van der Waals surface area contributed by atoms with E-state index in [0.717, 1.165) is 0 Å². The first kappa shape index (κ1) is 27.7. The van der Waals surface area contributed by atoms with Crippen LogP contribution in [0.2, 0.25) is 0 Å². The topological polar surface area (TPSA) is 143 Å². The highest BCUT2D eigenvalue weighted by molar-refractivity contribution is 6.61.